The van der Waals surface area contributed by atoms with Crippen molar-refractivity contribution in [2.75, 3.05) is 25.1 Å². The smallest absolute Gasteiger partial charge is 0.161 e. The van der Waals surface area contributed by atoms with Crippen LogP contribution < -0.4 is 10.6 Å². The molecule has 1 aromatic rings. The van der Waals surface area contributed by atoms with E-state index in [2.05, 4.69) is 24.0 Å². The summed E-state index contributed by atoms with van der Waals surface area (Å²) in [6, 6.07) is 0. The number of hydrogen-bond acceptors (Lipinski definition) is 5. The third-order valence-corrected chi connectivity index (χ3v) is 3.52. The summed E-state index contributed by atoms with van der Waals surface area (Å²) in [6.07, 6.45) is 1.88. The topological polar surface area (TPSA) is 64.3 Å². The van der Waals surface area contributed by atoms with Gasteiger partial charge >= 0.3 is 0 Å². The summed E-state index contributed by atoms with van der Waals surface area (Å²) >= 11 is 5.24. The van der Waals surface area contributed by atoms with Gasteiger partial charge in [0.25, 0.3) is 0 Å². The van der Waals surface area contributed by atoms with E-state index in [0.717, 1.165) is 42.0 Å². The first-order valence-electron chi connectivity index (χ1n) is 7.43. The van der Waals surface area contributed by atoms with E-state index in [0.29, 0.717) is 11.6 Å². The molecule has 0 saturated heterocycles. The first kappa shape index (κ1) is 17.8. The van der Waals surface area contributed by atoms with Crippen LogP contribution in [0.3, 0.4) is 0 Å². The van der Waals surface area contributed by atoms with Gasteiger partial charge in [-0.05, 0) is 32.3 Å². The van der Waals surface area contributed by atoms with Crippen molar-refractivity contribution in [2.45, 2.75) is 46.6 Å². The SMILES string of the molecule is CCc1nnc(N(C)CCOC(C)C)c(C(N)=S)c1CC. The maximum atomic E-state index is 5.93. The van der Waals surface area contributed by atoms with Gasteiger partial charge in [0, 0.05) is 13.6 Å². The minimum atomic E-state index is 0.216. The Kier molecular flexibility index (Phi) is 6.98. The predicted octanol–water partition coefficient (Wildman–Crippen LogP) is 2.10. The number of thiocarbonyl (C=S) groups is 1. The van der Waals surface area contributed by atoms with Gasteiger partial charge in [0.2, 0.25) is 0 Å². The van der Waals surface area contributed by atoms with Crippen LogP contribution in [0, 0.1) is 0 Å². The molecular formula is C15H26N4OS. The molecule has 0 aromatic carbocycles. The van der Waals surface area contributed by atoms with Crippen LogP contribution >= 0.6 is 12.2 Å². The summed E-state index contributed by atoms with van der Waals surface area (Å²) in [5.41, 5.74) is 8.86. The fourth-order valence-corrected chi connectivity index (χ4v) is 2.43. The van der Waals surface area contributed by atoms with Crippen LogP contribution in [0.25, 0.3) is 0 Å². The Balaban J connectivity index is 3.08. The number of ether oxygens (including phenoxy) is 1. The molecule has 6 heteroatoms. The quantitative estimate of drug-likeness (QED) is 0.742. The van der Waals surface area contributed by atoms with E-state index in [1.807, 2.05) is 25.8 Å². The van der Waals surface area contributed by atoms with E-state index in [1.165, 1.54) is 0 Å². The normalized spacial score (nSPS) is 11.0. The second-order valence-electron chi connectivity index (χ2n) is 5.24. The van der Waals surface area contributed by atoms with Crippen molar-refractivity contribution in [1.82, 2.24) is 10.2 Å². The minimum Gasteiger partial charge on any atom is -0.389 e. The molecule has 1 heterocycles. The number of nitrogens with two attached hydrogens (primary N) is 1. The van der Waals surface area contributed by atoms with Gasteiger partial charge in [-0.25, -0.2) is 0 Å². The third kappa shape index (κ3) is 4.61. The highest BCUT2D eigenvalue weighted by Crippen LogP contribution is 2.23. The third-order valence-electron chi connectivity index (χ3n) is 3.31. The van der Waals surface area contributed by atoms with Crippen LogP contribution in [-0.2, 0) is 17.6 Å². The lowest BCUT2D eigenvalue weighted by Crippen LogP contribution is -2.29. The van der Waals surface area contributed by atoms with Crippen LogP contribution in [0.1, 0.15) is 44.5 Å². The zero-order valence-corrected chi connectivity index (χ0v) is 14.5. The number of aryl methyl sites for hydroxylation is 1. The average molecular weight is 310 g/mol. The first-order valence-corrected chi connectivity index (χ1v) is 7.84. The maximum absolute atomic E-state index is 5.93. The van der Waals surface area contributed by atoms with Crippen molar-refractivity contribution in [3.8, 4) is 0 Å². The van der Waals surface area contributed by atoms with Crippen molar-refractivity contribution in [3.05, 3.63) is 16.8 Å². The first-order chi connectivity index (χ1) is 9.92. The van der Waals surface area contributed by atoms with Crippen molar-refractivity contribution in [3.63, 3.8) is 0 Å². The number of nitrogens with zero attached hydrogens (tertiary/aromatic N) is 3. The van der Waals surface area contributed by atoms with Gasteiger partial charge in [0.15, 0.2) is 5.82 Å². The highest BCUT2D eigenvalue weighted by atomic mass is 32.1. The highest BCUT2D eigenvalue weighted by Gasteiger charge is 2.19. The molecule has 1 rings (SSSR count). The van der Waals surface area contributed by atoms with Crippen molar-refractivity contribution in [2.24, 2.45) is 5.73 Å². The molecule has 118 valence electrons. The molecule has 0 bridgehead atoms. The Morgan fingerprint density at radius 2 is 1.95 bits per heavy atom. The van der Waals surface area contributed by atoms with Crippen LogP contribution in [-0.4, -0.2) is 41.5 Å². The Labute approximate surface area is 132 Å². The molecule has 0 saturated carbocycles. The lowest BCUT2D eigenvalue weighted by molar-refractivity contribution is 0.0845. The molecule has 0 spiro atoms. The molecule has 21 heavy (non-hydrogen) atoms. The zero-order valence-electron chi connectivity index (χ0n) is 13.6. The lowest BCUT2D eigenvalue weighted by atomic mass is 10.0. The van der Waals surface area contributed by atoms with E-state index < -0.39 is 0 Å². The maximum Gasteiger partial charge on any atom is 0.161 e. The molecule has 0 aliphatic rings. The number of aromatic nitrogens is 2. The predicted molar refractivity (Wildman–Crippen MR) is 91.0 cm³/mol. The Hall–Kier alpha value is -1.27. The fraction of sp³-hybridized carbons (Fsp3) is 0.667. The van der Waals surface area contributed by atoms with Crippen LogP contribution in [0.15, 0.2) is 0 Å². The van der Waals surface area contributed by atoms with Gasteiger partial charge in [0.1, 0.15) is 4.99 Å². The fourth-order valence-electron chi connectivity index (χ4n) is 2.22. The molecule has 0 aliphatic carbocycles. The molecule has 2 N–H and O–H groups in total. The standard InChI is InChI=1S/C15H26N4OS/c1-6-11-12(7-2)17-18-15(13(11)14(16)21)19(5)8-9-20-10(3)4/h10H,6-9H2,1-5H3,(H2,16,21). The van der Waals surface area contributed by atoms with Gasteiger partial charge in [0.05, 0.1) is 24.0 Å². The number of hydrogen-bond donors (Lipinski definition) is 1. The average Bonchev–Trinajstić information content (AvgIpc) is 2.44. The molecule has 0 unspecified atom stereocenters. The molecule has 1 aromatic heterocycles. The van der Waals surface area contributed by atoms with Crippen molar-refractivity contribution in [1.29, 1.82) is 0 Å². The van der Waals surface area contributed by atoms with E-state index >= 15 is 0 Å². The van der Waals surface area contributed by atoms with Crippen molar-refractivity contribution < 1.29 is 4.74 Å². The van der Waals surface area contributed by atoms with Crippen LogP contribution in [0.5, 0.6) is 0 Å². The van der Waals surface area contributed by atoms with Gasteiger partial charge in [-0.2, -0.15) is 5.10 Å². The van der Waals surface area contributed by atoms with Gasteiger partial charge in [-0.3, -0.25) is 0 Å². The second kappa shape index (κ2) is 8.24. The van der Waals surface area contributed by atoms with E-state index in [1.54, 1.807) is 0 Å². The Morgan fingerprint density at radius 1 is 1.29 bits per heavy atom. The van der Waals surface area contributed by atoms with Gasteiger partial charge < -0.3 is 15.4 Å². The highest BCUT2D eigenvalue weighted by molar-refractivity contribution is 7.80. The summed E-state index contributed by atoms with van der Waals surface area (Å²) < 4.78 is 5.58. The number of anilines is 1. The van der Waals surface area contributed by atoms with Gasteiger partial charge in [-0.1, -0.05) is 26.1 Å². The largest absolute Gasteiger partial charge is 0.389 e. The van der Waals surface area contributed by atoms with Crippen LogP contribution in [0.2, 0.25) is 0 Å². The Morgan fingerprint density at radius 3 is 2.43 bits per heavy atom. The number of likely N-dealkylation sites (N-methyl/N-ethyl adjacent to an activating group) is 1. The second-order valence-corrected chi connectivity index (χ2v) is 5.68. The summed E-state index contributed by atoms with van der Waals surface area (Å²) in [7, 11) is 1.96. The molecule has 0 aliphatic heterocycles. The Bertz CT molecular complexity index is 491. The number of rotatable bonds is 8. The molecule has 0 amide bonds. The molecule has 0 fully saturated rings. The molecular weight excluding hydrogens is 284 g/mol. The summed E-state index contributed by atoms with van der Waals surface area (Å²) in [6.45, 7) is 9.54. The lowest BCUT2D eigenvalue weighted by Gasteiger charge is -2.23. The van der Waals surface area contributed by atoms with Crippen molar-refractivity contribution >= 4 is 23.0 Å². The molecule has 0 atom stereocenters. The summed E-state index contributed by atoms with van der Waals surface area (Å²) in [4.78, 5) is 2.38. The molecule has 0 radical (unpaired) electrons. The molecule has 5 nitrogen and oxygen atoms in total. The van der Waals surface area contributed by atoms with E-state index in [4.69, 9.17) is 22.7 Å². The van der Waals surface area contributed by atoms with E-state index in [-0.39, 0.29) is 6.10 Å². The monoisotopic (exact) mass is 310 g/mol. The van der Waals surface area contributed by atoms with Crippen LogP contribution in [0.4, 0.5) is 5.82 Å². The summed E-state index contributed by atoms with van der Waals surface area (Å²) in [5, 5.41) is 8.66. The summed E-state index contributed by atoms with van der Waals surface area (Å²) in [5.74, 6) is 0.740. The van der Waals surface area contributed by atoms with E-state index in [9.17, 15) is 0 Å². The van der Waals surface area contributed by atoms with Gasteiger partial charge in [-0.15, -0.1) is 5.10 Å². The minimum absolute atomic E-state index is 0.216. The zero-order chi connectivity index (χ0) is 16.0.